The SMILES string of the molecule is O=C(O)C(Cl)ON=Cc1cccc(Cl)c1. The van der Waals surface area contributed by atoms with Crippen molar-refractivity contribution in [2.75, 3.05) is 0 Å². The summed E-state index contributed by atoms with van der Waals surface area (Å²) < 4.78 is 0. The molecule has 1 unspecified atom stereocenters. The summed E-state index contributed by atoms with van der Waals surface area (Å²) in [6.45, 7) is 0. The van der Waals surface area contributed by atoms with E-state index in [9.17, 15) is 4.79 Å². The summed E-state index contributed by atoms with van der Waals surface area (Å²) in [5.41, 5.74) is -0.794. The number of carboxylic acids is 1. The number of hydrogen-bond acceptors (Lipinski definition) is 3. The molecule has 6 heteroatoms. The first-order valence-corrected chi connectivity index (χ1v) is 4.72. The molecule has 0 aliphatic heterocycles. The van der Waals surface area contributed by atoms with Crippen LogP contribution in [0.5, 0.6) is 0 Å². The summed E-state index contributed by atoms with van der Waals surface area (Å²) in [5.74, 6) is -1.29. The molecule has 0 spiro atoms. The lowest BCUT2D eigenvalue weighted by Crippen LogP contribution is -2.14. The molecule has 0 aliphatic carbocycles. The van der Waals surface area contributed by atoms with Crippen LogP contribution in [0.15, 0.2) is 29.4 Å². The predicted molar refractivity (Wildman–Crippen MR) is 57.4 cm³/mol. The van der Waals surface area contributed by atoms with Crippen LogP contribution < -0.4 is 0 Å². The summed E-state index contributed by atoms with van der Waals surface area (Å²) in [7, 11) is 0. The van der Waals surface area contributed by atoms with Crippen molar-refractivity contribution in [3.63, 3.8) is 0 Å². The maximum absolute atomic E-state index is 10.2. The van der Waals surface area contributed by atoms with Gasteiger partial charge >= 0.3 is 5.97 Å². The zero-order valence-electron chi connectivity index (χ0n) is 7.43. The molecule has 1 atom stereocenters. The van der Waals surface area contributed by atoms with Gasteiger partial charge in [0.15, 0.2) is 0 Å². The van der Waals surface area contributed by atoms with Gasteiger partial charge in [-0.1, -0.05) is 40.5 Å². The molecule has 0 fully saturated rings. The van der Waals surface area contributed by atoms with Gasteiger partial charge in [-0.25, -0.2) is 4.79 Å². The number of benzene rings is 1. The molecular formula is C9H7Cl2NO3. The van der Waals surface area contributed by atoms with E-state index in [4.69, 9.17) is 28.3 Å². The molecule has 15 heavy (non-hydrogen) atoms. The predicted octanol–water partition coefficient (Wildman–Crippen LogP) is 2.34. The Morgan fingerprint density at radius 1 is 1.60 bits per heavy atom. The van der Waals surface area contributed by atoms with Gasteiger partial charge in [0.25, 0.3) is 5.56 Å². The fourth-order valence-electron chi connectivity index (χ4n) is 0.777. The number of oxime groups is 1. The Bertz CT molecular complexity index is 381. The van der Waals surface area contributed by atoms with E-state index in [0.717, 1.165) is 0 Å². The second-order valence-corrected chi connectivity index (χ2v) is 3.38. The van der Waals surface area contributed by atoms with Crippen LogP contribution in [0.2, 0.25) is 5.02 Å². The Balaban J connectivity index is 2.55. The third-order valence-electron chi connectivity index (χ3n) is 1.40. The third kappa shape index (κ3) is 4.18. The van der Waals surface area contributed by atoms with Crippen LogP contribution in [0.3, 0.4) is 0 Å². The van der Waals surface area contributed by atoms with Gasteiger partial charge in [-0.3, -0.25) is 0 Å². The molecule has 1 rings (SSSR count). The van der Waals surface area contributed by atoms with E-state index in [1.54, 1.807) is 24.3 Å². The number of alkyl halides is 1. The Hall–Kier alpha value is -1.26. The molecule has 1 aromatic carbocycles. The highest BCUT2D eigenvalue weighted by Gasteiger charge is 2.13. The van der Waals surface area contributed by atoms with E-state index < -0.39 is 11.5 Å². The molecule has 0 bridgehead atoms. The average molecular weight is 248 g/mol. The lowest BCUT2D eigenvalue weighted by Gasteiger charge is -2.00. The van der Waals surface area contributed by atoms with E-state index in [2.05, 4.69) is 9.99 Å². The third-order valence-corrected chi connectivity index (χ3v) is 1.90. The van der Waals surface area contributed by atoms with Crippen LogP contribution >= 0.6 is 23.2 Å². The van der Waals surface area contributed by atoms with Crippen molar-refractivity contribution in [2.24, 2.45) is 5.16 Å². The van der Waals surface area contributed by atoms with Gasteiger partial charge in [0.1, 0.15) is 0 Å². The lowest BCUT2D eigenvalue weighted by molar-refractivity contribution is -0.144. The van der Waals surface area contributed by atoms with E-state index in [1.165, 1.54) is 6.21 Å². The van der Waals surface area contributed by atoms with Crippen molar-refractivity contribution in [3.05, 3.63) is 34.9 Å². The highest BCUT2D eigenvalue weighted by atomic mass is 35.5. The van der Waals surface area contributed by atoms with Crippen molar-refractivity contribution in [1.29, 1.82) is 0 Å². The van der Waals surface area contributed by atoms with Gasteiger partial charge in [-0.15, -0.1) is 0 Å². The molecule has 0 saturated heterocycles. The Morgan fingerprint density at radius 2 is 2.33 bits per heavy atom. The summed E-state index contributed by atoms with van der Waals surface area (Å²) >= 11 is 11.0. The Labute approximate surface area is 96.1 Å². The van der Waals surface area contributed by atoms with Gasteiger partial charge < -0.3 is 9.94 Å². The highest BCUT2D eigenvalue weighted by molar-refractivity contribution is 6.30. The molecule has 0 radical (unpaired) electrons. The number of nitrogens with zero attached hydrogens (tertiary/aromatic N) is 1. The lowest BCUT2D eigenvalue weighted by atomic mass is 10.2. The van der Waals surface area contributed by atoms with Gasteiger partial charge in [0, 0.05) is 5.02 Å². The second-order valence-electron chi connectivity index (χ2n) is 2.55. The number of aliphatic carboxylic acids is 1. The Morgan fingerprint density at radius 3 is 2.93 bits per heavy atom. The summed E-state index contributed by atoms with van der Waals surface area (Å²) in [4.78, 5) is 14.7. The van der Waals surface area contributed by atoms with Crippen molar-refractivity contribution < 1.29 is 14.7 Å². The number of carbonyl (C=O) groups is 1. The summed E-state index contributed by atoms with van der Waals surface area (Å²) in [6, 6.07) is 6.83. The zero-order chi connectivity index (χ0) is 11.3. The summed E-state index contributed by atoms with van der Waals surface area (Å²) in [6.07, 6.45) is 1.32. The van der Waals surface area contributed by atoms with Crippen LogP contribution in [-0.4, -0.2) is 22.9 Å². The molecule has 1 N–H and O–H groups in total. The molecule has 0 aliphatic rings. The molecule has 80 valence electrons. The molecule has 0 amide bonds. The zero-order valence-corrected chi connectivity index (χ0v) is 8.94. The fourth-order valence-corrected chi connectivity index (χ4v) is 1.02. The minimum atomic E-state index is -1.49. The molecular weight excluding hydrogens is 241 g/mol. The molecule has 0 saturated carbocycles. The number of carboxylic acid groups (broad SMARTS) is 1. The largest absolute Gasteiger partial charge is 0.477 e. The standard InChI is InChI=1S/C9H7Cl2NO3/c10-7-3-1-2-6(4-7)5-12-15-8(11)9(13)14/h1-5,8H,(H,13,14). The number of hydrogen-bond donors (Lipinski definition) is 1. The van der Waals surface area contributed by atoms with Crippen LogP contribution in [-0.2, 0) is 9.63 Å². The van der Waals surface area contributed by atoms with Crippen LogP contribution in [0.1, 0.15) is 5.56 Å². The average Bonchev–Trinajstić information content (AvgIpc) is 2.17. The first-order chi connectivity index (χ1) is 7.09. The van der Waals surface area contributed by atoms with E-state index in [0.29, 0.717) is 10.6 Å². The quantitative estimate of drug-likeness (QED) is 0.505. The van der Waals surface area contributed by atoms with E-state index >= 15 is 0 Å². The normalized spacial score (nSPS) is 12.7. The topological polar surface area (TPSA) is 58.9 Å². The minimum absolute atomic E-state index is 0.555. The van der Waals surface area contributed by atoms with Crippen molar-refractivity contribution in [1.82, 2.24) is 0 Å². The Kier molecular flexibility index (Phi) is 4.39. The molecule has 0 heterocycles. The first kappa shape index (κ1) is 11.8. The highest BCUT2D eigenvalue weighted by Crippen LogP contribution is 2.09. The van der Waals surface area contributed by atoms with Crippen molar-refractivity contribution in [3.8, 4) is 0 Å². The van der Waals surface area contributed by atoms with Gasteiger partial charge in [0.2, 0.25) is 0 Å². The molecule has 4 nitrogen and oxygen atoms in total. The monoisotopic (exact) mass is 247 g/mol. The summed E-state index contributed by atoms with van der Waals surface area (Å²) in [5, 5.41) is 12.3. The van der Waals surface area contributed by atoms with E-state index in [-0.39, 0.29) is 0 Å². The molecule has 1 aromatic rings. The van der Waals surface area contributed by atoms with Crippen LogP contribution in [0, 0.1) is 0 Å². The van der Waals surface area contributed by atoms with Crippen LogP contribution in [0.4, 0.5) is 0 Å². The second kappa shape index (κ2) is 5.58. The molecule has 0 aromatic heterocycles. The first-order valence-electron chi connectivity index (χ1n) is 3.91. The van der Waals surface area contributed by atoms with Crippen molar-refractivity contribution >= 4 is 35.4 Å². The fraction of sp³-hybridized carbons (Fsp3) is 0.111. The number of halogens is 2. The maximum Gasteiger partial charge on any atom is 0.363 e. The van der Waals surface area contributed by atoms with E-state index in [1.807, 2.05) is 0 Å². The number of rotatable bonds is 4. The maximum atomic E-state index is 10.2. The minimum Gasteiger partial charge on any atom is -0.477 e. The smallest absolute Gasteiger partial charge is 0.363 e. The van der Waals surface area contributed by atoms with Crippen LogP contribution in [0.25, 0.3) is 0 Å². The van der Waals surface area contributed by atoms with Gasteiger partial charge in [0.05, 0.1) is 6.21 Å². The van der Waals surface area contributed by atoms with Gasteiger partial charge in [-0.2, -0.15) is 0 Å². The van der Waals surface area contributed by atoms with Crippen molar-refractivity contribution in [2.45, 2.75) is 5.56 Å². The van der Waals surface area contributed by atoms with Gasteiger partial charge in [-0.05, 0) is 17.7 Å².